The fourth-order valence-corrected chi connectivity index (χ4v) is 2.97. The zero-order chi connectivity index (χ0) is 14.2. The first-order valence-corrected chi connectivity index (χ1v) is 7.37. The second kappa shape index (κ2) is 5.34. The highest BCUT2D eigenvalue weighted by Gasteiger charge is 2.34. The molecule has 1 aliphatic rings. The maximum absolute atomic E-state index is 12.7. The van der Waals surface area contributed by atoms with Crippen molar-refractivity contribution in [2.24, 2.45) is 0 Å². The highest BCUT2D eigenvalue weighted by Crippen LogP contribution is 2.37. The fourth-order valence-electron chi connectivity index (χ4n) is 2.18. The van der Waals surface area contributed by atoms with Crippen LogP contribution in [-0.4, -0.2) is 9.80 Å². The number of rotatable bonds is 3. The van der Waals surface area contributed by atoms with Crippen LogP contribution in [0.15, 0.2) is 18.2 Å². The smallest absolute Gasteiger partial charge is 0.416 e. The summed E-state index contributed by atoms with van der Waals surface area (Å²) in [7, 11) is 0. The number of hydrogen-bond donors (Lipinski definition) is 1. The summed E-state index contributed by atoms with van der Waals surface area (Å²) in [4.78, 5) is 0. The molecule has 19 heavy (non-hydrogen) atoms. The van der Waals surface area contributed by atoms with E-state index in [1.54, 1.807) is 0 Å². The molecule has 0 aliphatic heterocycles. The van der Waals surface area contributed by atoms with E-state index in [4.69, 9.17) is 0 Å². The van der Waals surface area contributed by atoms with E-state index in [0.29, 0.717) is 12.0 Å². The van der Waals surface area contributed by atoms with Gasteiger partial charge in [-0.2, -0.15) is 13.2 Å². The van der Waals surface area contributed by atoms with E-state index in [1.165, 1.54) is 12.1 Å². The van der Waals surface area contributed by atoms with Gasteiger partial charge >= 0.3 is 6.18 Å². The van der Waals surface area contributed by atoms with Crippen LogP contribution in [-0.2, 0) is 24.0 Å². The molecular formula is C13H16F3NOS. The summed E-state index contributed by atoms with van der Waals surface area (Å²) in [5.41, 5.74) is 0.894. The summed E-state index contributed by atoms with van der Waals surface area (Å²) in [5.74, 6) is 0. The predicted molar refractivity (Wildman–Crippen MR) is 68.9 cm³/mol. The Hall–Kier alpha value is -0.720. The standard InChI is InChI=1S/C13H16F3NOS/c1-8(2)19(18)17-12-6-4-9-3-5-10(7-11(9)12)13(14,15)16/h3,5,7-8,12,17H,4,6H2,1-2H3/t12-,19-/m1/s1. The van der Waals surface area contributed by atoms with Crippen LogP contribution in [0.1, 0.15) is 43.0 Å². The summed E-state index contributed by atoms with van der Waals surface area (Å²) < 4.78 is 52.8. The van der Waals surface area contributed by atoms with E-state index in [9.17, 15) is 17.7 Å². The topological polar surface area (TPSA) is 35.1 Å². The number of nitrogens with one attached hydrogen (secondary N) is 1. The van der Waals surface area contributed by atoms with Gasteiger partial charge in [0.15, 0.2) is 0 Å². The van der Waals surface area contributed by atoms with Crippen molar-refractivity contribution in [3.05, 3.63) is 34.9 Å². The molecule has 0 amide bonds. The van der Waals surface area contributed by atoms with Crippen LogP contribution in [0.4, 0.5) is 13.2 Å². The van der Waals surface area contributed by atoms with Crippen LogP contribution in [0.5, 0.6) is 0 Å². The first-order chi connectivity index (χ1) is 8.79. The number of benzene rings is 1. The first-order valence-electron chi connectivity index (χ1n) is 6.16. The molecule has 0 spiro atoms. The van der Waals surface area contributed by atoms with Gasteiger partial charge in [0.25, 0.3) is 0 Å². The zero-order valence-corrected chi connectivity index (χ0v) is 11.6. The first kappa shape index (κ1) is 14.7. The third-order valence-electron chi connectivity index (χ3n) is 3.24. The van der Waals surface area contributed by atoms with Crippen LogP contribution in [0, 0.1) is 0 Å². The summed E-state index contributed by atoms with van der Waals surface area (Å²) in [5, 5.41) is -0.0603. The van der Waals surface area contributed by atoms with Crippen LogP contribution in [0.3, 0.4) is 0 Å². The number of fused-ring (bicyclic) bond motifs is 1. The minimum atomic E-state index is -4.33. The van der Waals surface area contributed by atoms with Crippen molar-refractivity contribution in [3.63, 3.8) is 0 Å². The van der Waals surface area contributed by atoms with Gasteiger partial charge in [-0.15, -0.1) is 4.72 Å². The van der Waals surface area contributed by atoms with Crippen molar-refractivity contribution in [2.45, 2.75) is 44.2 Å². The Labute approximate surface area is 113 Å². The molecular weight excluding hydrogens is 275 g/mol. The maximum Gasteiger partial charge on any atom is 0.416 e. The quantitative estimate of drug-likeness (QED) is 0.867. The molecule has 1 aromatic rings. The lowest BCUT2D eigenvalue weighted by Crippen LogP contribution is -2.33. The van der Waals surface area contributed by atoms with E-state index in [-0.39, 0.29) is 11.3 Å². The monoisotopic (exact) mass is 291 g/mol. The maximum atomic E-state index is 12.7. The van der Waals surface area contributed by atoms with Gasteiger partial charge in [-0.1, -0.05) is 6.07 Å². The molecule has 2 atom stereocenters. The van der Waals surface area contributed by atoms with E-state index in [0.717, 1.165) is 18.1 Å². The van der Waals surface area contributed by atoms with Crippen molar-refractivity contribution in [1.82, 2.24) is 4.72 Å². The Kier molecular flexibility index (Phi) is 4.13. The number of halogens is 3. The van der Waals surface area contributed by atoms with Gasteiger partial charge in [-0.25, -0.2) is 0 Å². The van der Waals surface area contributed by atoms with E-state index >= 15 is 0 Å². The lowest BCUT2D eigenvalue weighted by atomic mass is 10.0. The average Bonchev–Trinajstić information content (AvgIpc) is 2.70. The van der Waals surface area contributed by atoms with E-state index < -0.39 is 23.1 Å². The molecule has 106 valence electrons. The van der Waals surface area contributed by atoms with Crippen molar-refractivity contribution >= 4 is 11.4 Å². The zero-order valence-electron chi connectivity index (χ0n) is 10.8. The van der Waals surface area contributed by atoms with Gasteiger partial charge in [0.1, 0.15) is 5.25 Å². The van der Waals surface area contributed by atoms with Crippen LogP contribution in [0.2, 0.25) is 0 Å². The molecule has 2 nitrogen and oxygen atoms in total. The third-order valence-corrected chi connectivity index (χ3v) is 4.61. The Balaban J connectivity index is 2.23. The highest BCUT2D eigenvalue weighted by molar-refractivity contribution is 7.90. The van der Waals surface area contributed by atoms with Crippen molar-refractivity contribution < 1.29 is 17.7 Å². The van der Waals surface area contributed by atoms with Crippen molar-refractivity contribution in [2.75, 3.05) is 0 Å². The molecule has 0 radical (unpaired) electrons. The highest BCUT2D eigenvalue weighted by atomic mass is 32.2. The molecule has 1 N–H and O–H groups in total. The fraction of sp³-hybridized carbons (Fsp3) is 0.538. The SMILES string of the molecule is CC(C)[S@@+]([O-])N[C@@H]1CCc2ccc(C(F)(F)F)cc21. The van der Waals surface area contributed by atoms with Gasteiger partial charge in [0.2, 0.25) is 0 Å². The summed E-state index contributed by atoms with van der Waals surface area (Å²) >= 11 is -1.23. The average molecular weight is 291 g/mol. The van der Waals surface area contributed by atoms with Crippen LogP contribution < -0.4 is 4.72 Å². The normalized spacial score (nSPS) is 20.7. The summed E-state index contributed by atoms with van der Waals surface area (Å²) in [6.07, 6.45) is -2.92. The van der Waals surface area contributed by atoms with Gasteiger partial charge in [-0.05, 0) is 49.9 Å². The predicted octanol–water partition coefficient (Wildman–Crippen LogP) is 3.35. The molecule has 0 fully saturated rings. The number of hydrogen-bond acceptors (Lipinski definition) is 2. The lowest BCUT2D eigenvalue weighted by molar-refractivity contribution is -0.137. The number of aryl methyl sites for hydroxylation is 1. The molecule has 0 heterocycles. The molecule has 0 saturated carbocycles. The van der Waals surface area contributed by atoms with Crippen LogP contribution in [0.25, 0.3) is 0 Å². The minimum Gasteiger partial charge on any atom is -0.598 e. The van der Waals surface area contributed by atoms with Crippen molar-refractivity contribution in [3.8, 4) is 0 Å². The van der Waals surface area contributed by atoms with E-state index in [2.05, 4.69) is 4.72 Å². The molecule has 0 unspecified atom stereocenters. The number of alkyl halides is 3. The Morgan fingerprint density at radius 1 is 1.37 bits per heavy atom. The van der Waals surface area contributed by atoms with E-state index in [1.807, 2.05) is 13.8 Å². The molecule has 2 rings (SSSR count). The Morgan fingerprint density at radius 3 is 2.63 bits per heavy atom. The Bertz CT molecular complexity index is 462. The molecule has 6 heteroatoms. The minimum absolute atomic E-state index is 0.0603. The second-order valence-corrected chi connectivity index (χ2v) is 6.74. The molecule has 0 aromatic heterocycles. The van der Waals surface area contributed by atoms with Gasteiger partial charge < -0.3 is 4.55 Å². The third kappa shape index (κ3) is 3.24. The lowest BCUT2D eigenvalue weighted by Gasteiger charge is -2.20. The van der Waals surface area contributed by atoms with Gasteiger partial charge in [-0.3, -0.25) is 0 Å². The molecule has 1 aliphatic carbocycles. The van der Waals surface area contributed by atoms with Crippen LogP contribution >= 0.6 is 0 Å². The molecule has 0 bridgehead atoms. The largest absolute Gasteiger partial charge is 0.598 e. The summed E-state index contributed by atoms with van der Waals surface area (Å²) in [6, 6.07) is 3.57. The second-order valence-electron chi connectivity index (χ2n) is 4.97. The van der Waals surface area contributed by atoms with Crippen molar-refractivity contribution in [1.29, 1.82) is 0 Å². The van der Waals surface area contributed by atoms with Gasteiger partial charge in [0.05, 0.1) is 11.6 Å². The van der Waals surface area contributed by atoms with Gasteiger partial charge in [0, 0.05) is 11.4 Å². The molecule has 0 saturated heterocycles. The Morgan fingerprint density at radius 2 is 2.05 bits per heavy atom. The summed E-state index contributed by atoms with van der Waals surface area (Å²) in [6.45, 7) is 3.62. The molecule has 1 aromatic carbocycles.